The van der Waals surface area contributed by atoms with Gasteiger partial charge >= 0.3 is 0 Å². The van der Waals surface area contributed by atoms with Crippen molar-refractivity contribution in [2.24, 2.45) is 0 Å². The summed E-state index contributed by atoms with van der Waals surface area (Å²) in [4.78, 5) is 2.41. The molecule has 1 aromatic carbocycles. The molecule has 16 heavy (non-hydrogen) atoms. The molecule has 0 amide bonds. The van der Waals surface area contributed by atoms with Crippen LogP contribution in [0.4, 0.5) is 11.4 Å². The lowest BCUT2D eigenvalue weighted by atomic mass is 10.2. The van der Waals surface area contributed by atoms with Crippen molar-refractivity contribution >= 4 is 11.4 Å². The number of benzene rings is 1. The van der Waals surface area contributed by atoms with Crippen LogP contribution in [0.15, 0.2) is 18.2 Å². The predicted octanol–water partition coefficient (Wildman–Crippen LogP) is 2.19. The van der Waals surface area contributed by atoms with Crippen LogP contribution in [0.2, 0.25) is 0 Å². The van der Waals surface area contributed by atoms with Gasteiger partial charge in [-0.3, -0.25) is 0 Å². The highest BCUT2D eigenvalue weighted by Gasteiger charge is 2.29. The van der Waals surface area contributed by atoms with Gasteiger partial charge in [0.2, 0.25) is 0 Å². The molecule has 88 valence electrons. The first-order valence-corrected chi connectivity index (χ1v) is 5.83. The van der Waals surface area contributed by atoms with Crippen molar-refractivity contribution in [3.05, 3.63) is 23.8 Å². The maximum atomic E-state index is 5.89. The van der Waals surface area contributed by atoms with Crippen molar-refractivity contribution in [3.8, 4) is 0 Å². The number of methoxy groups -OCH3 is 1. The number of hydrogen-bond donors (Lipinski definition) is 1. The van der Waals surface area contributed by atoms with E-state index in [-0.39, 0.29) is 0 Å². The molecule has 0 radical (unpaired) electrons. The van der Waals surface area contributed by atoms with Gasteiger partial charge in [0, 0.05) is 31.1 Å². The third-order valence-corrected chi connectivity index (χ3v) is 2.94. The third-order valence-electron chi connectivity index (χ3n) is 2.94. The molecule has 0 aromatic heterocycles. The molecule has 2 N–H and O–H groups in total. The molecule has 1 aliphatic rings. The zero-order valence-electron chi connectivity index (χ0n) is 10.1. The Kier molecular flexibility index (Phi) is 3.34. The predicted molar refractivity (Wildman–Crippen MR) is 67.8 cm³/mol. The maximum Gasteiger partial charge on any atom is 0.0637 e. The van der Waals surface area contributed by atoms with Crippen molar-refractivity contribution < 1.29 is 4.74 Å². The van der Waals surface area contributed by atoms with Gasteiger partial charge in [0.1, 0.15) is 0 Å². The molecule has 0 aliphatic heterocycles. The lowest BCUT2D eigenvalue weighted by Crippen LogP contribution is -2.29. The lowest BCUT2D eigenvalue weighted by Gasteiger charge is -2.25. The molecule has 0 bridgehead atoms. The zero-order valence-corrected chi connectivity index (χ0v) is 10.1. The topological polar surface area (TPSA) is 38.5 Å². The Morgan fingerprint density at radius 1 is 1.38 bits per heavy atom. The van der Waals surface area contributed by atoms with Crippen LogP contribution in [0, 0.1) is 6.92 Å². The molecular formula is C13H20N2O. The number of nitrogens with zero attached hydrogens (tertiary/aromatic N) is 1. The molecule has 1 aliphatic carbocycles. The van der Waals surface area contributed by atoms with Crippen LogP contribution in [-0.4, -0.2) is 26.3 Å². The van der Waals surface area contributed by atoms with E-state index in [2.05, 4.69) is 24.0 Å². The quantitative estimate of drug-likeness (QED) is 0.773. The number of nitrogens with two attached hydrogens (primary N) is 1. The molecule has 2 rings (SSSR count). The van der Waals surface area contributed by atoms with Gasteiger partial charge in [-0.25, -0.2) is 0 Å². The molecule has 0 spiro atoms. The van der Waals surface area contributed by atoms with Gasteiger partial charge in [-0.2, -0.15) is 0 Å². The summed E-state index contributed by atoms with van der Waals surface area (Å²) in [5, 5.41) is 0. The number of nitrogen functional groups attached to an aromatic ring is 1. The van der Waals surface area contributed by atoms with E-state index in [1.807, 2.05) is 6.07 Å². The Bertz CT molecular complexity index is 341. The second-order valence-electron chi connectivity index (χ2n) is 4.52. The van der Waals surface area contributed by atoms with Gasteiger partial charge in [-0.1, -0.05) is 0 Å². The Morgan fingerprint density at radius 2 is 2.12 bits per heavy atom. The van der Waals surface area contributed by atoms with Crippen LogP contribution < -0.4 is 10.6 Å². The molecule has 1 saturated carbocycles. The summed E-state index contributed by atoms with van der Waals surface area (Å²) in [6, 6.07) is 6.95. The van der Waals surface area contributed by atoms with Crippen molar-refractivity contribution in [1.82, 2.24) is 0 Å². The second kappa shape index (κ2) is 4.74. The van der Waals surface area contributed by atoms with Gasteiger partial charge in [0.05, 0.1) is 6.61 Å². The van der Waals surface area contributed by atoms with Gasteiger partial charge < -0.3 is 15.4 Å². The van der Waals surface area contributed by atoms with E-state index in [1.54, 1.807) is 7.11 Å². The smallest absolute Gasteiger partial charge is 0.0637 e. The van der Waals surface area contributed by atoms with E-state index in [0.717, 1.165) is 18.8 Å². The highest BCUT2D eigenvalue weighted by molar-refractivity contribution is 5.59. The van der Waals surface area contributed by atoms with Gasteiger partial charge in [-0.15, -0.1) is 0 Å². The summed E-state index contributed by atoms with van der Waals surface area (Å²) in [6.07, 6.45) is 2.58. The SMILES string of the molecule is COCCN(c1cc(C)cc(N)c1)C1CC1. The van der Waals surface area contributed by atoms with Gasteiger partial charge in [-0.05, 0) is 43.5 Å². The average Bonchev–Trinajstić information content (AvgIpc) is 3.01. The molecule has 3 heteroatoms. The van der Waals surface area contributed by atoms with Crippen LogP contribution in [0.25, 0.3) is 0 Å². The number of ether oxygens (including phenoxy) is 1. The summed E-state index contributed by atoms with van der Waals surface area (Å²) in [6.45, 7) is 3.80. The Labute approximate surface area is 97.2 Å². The molecule has 0 saturated heterocycles. The average molecular weight is 220 g/mol. The van der Waals surface area contributed by atoms with Crippen LogP contribution in [0.1, 0.15) is 18.4 Å². The molecule has 1 aromatic rings. The van der Waals surface area contributed by atoms with E-state index in [1.165, 1.54) is 24.1 Å². The lowest BCUT2D eigenvalue weighted by molar-refractivity contribution is 0.205. The third kappa shape index (κ3) is 2.67. The number of anilines is 2. The van der Waals surface area contributed by atoms with Crippen molar-refractivity contribution in [1.29, 1.82) is 0 Å². The van der Waals surface area contributed by atoms with Crippen molar-refractivity contribution in [2.75, 3.05) is 30.9 Å². The first-order valence-electron chi connectivity index (χ1n) is 5.83. The van der Waals surface area contributed by atoms with Crippen LogP contribution in [0.5, 0.6) is 0 Å². The maximum absolute atomic E-state index is 5.89. The molecule has 0 heterocycles. The minimum Gasteiger partial charge on any atom is -0.399 e. The van der Waals surface area contributed by atoms with Crippen molar-refractivity contribution in [2.45, 2.75) is 25.8 Å². The second-order valence-corrected chi connectivity index (χ2v) is 4.52. The number of rotatable bonds is 5. The first-order chi connectivity index (χ1) is 7.70. The van der Waals surface area contributed by atoms with Gasteiger partial charge in [0.15, 0.2) is 0 Å². The standard InChI is InChI=1S/C13H20N2O/c1-10-7-11(14)9-13(8-10)15(5-6-16-2)12-3-4-12/h7-9,12H,3-6,14H2,1-2H3. The van der Waals surface area contributed by atoms with Crippen molar-refractivity contribution in [3.63, 3.8) is 0 Å². The monoisotopic (exact) mass is 220 g/mol. The van der Waals surface area contributed by atoms with Gasteiger partial charge in [0.25, 0.3) is 0 Å². The summed E-state index contributed by atoms with van der Waals surface area (Å²) < 4.78 is 5.16. The van der Waals surface area contributed by atoms with E-state index in [9.17, 15) is 0 Å². The fourth-order valence-electron chi connectivity index (χ4n) is 2.06. The van der Waals surface area contributed by atoms with E-state index in [0.29, 0.717) is 6.04 Å². The largest absolute Gasteiger partial charge is 0.399 e. The summed E-state index contributed by atoms with van der Waals surface area (Å²) >= 11 is 0. The summed E-state index contributed by atoms with van der Waals surface area (Å²) in [5.41, 5.74) is 9.19. The minimum atomic E-state index is 0.691. The zero-order chi connectivity index (χ0) is 11.5. The van der Waals surface area contributed by atoms with Crippen LogP contribution in [-0.2, 0) is 4.74 Å². The molecule has 3 nitrogen and oxygen atoms in total. The highest BCUT2D eigenvalue weighted by atomic mass is 16.5. The van der Waals surface area contributed by atoms with E-state index < -0.39 is 0 Å². The normalized spacial score (nSPS) is 15.1. The first kappa shape index (κ1) is 11.3. The van der Waals surface area contributed by atoms with E-state index >= 15 is 0 Å². The Balaban J connectivity index is 2.16. The summed E-state index contributed by atoms with van der Waals surface area (Å²) in [5.74, 6) is 0. The molecule has 0 atom stereocenters. The molecule has 1 fully saturated rings. The molecule has 0 unspecified atom stereocenters. The Hall–Kier alpha value is -1.22. The number of hydrogen-bond acceptors (Lipinski definition) is 3. The summed E-state index contributed by atoms with van der Waals surface area (Å²) in [7, 11) is 1.75. The highest BCUT2D eigenvalue weighted by Crippen LogP contribution is 2.32. The number of aryl methyl sites for hydroxylation is 1. The fourth-order valence-corrected chi connectivity index (χ4v) is 2.06. The Morgan fingerprint density at radius 3 is 2.69 bits per heavy atom. The van der Waals surface area contributed by atoms with E-state index in [4.69, 9.17) is 10.5 Å². The fraction of sp³-hybridized carbons (Fsp3) is 0.538. The minimum absolute atomic E-state index is 0.691. The molecular weight excluding hydrogens is 200 g/mol. The van der Waals surface area contributed by atoms with Crippen LogP contribution in [0.3, 0.4) is 0 Å². The van der Waals surface area contributed by atoms with Crippen LogP contribution >= 0.6 is 0 Å².